The second kappa shape index (κ2) is 8.74. The highest BCUT2D eigenvalue weighted by Crippen LogP contribution is 2.15. The van der Waals surface area contributed by atoms with Crippen molar-refractivity contribution in [2.24, 2.45) is 0 Å². The largest absolute Gasteiger partial charge is 0.294 e. The molecule has 0 fully saturated rings. The SMILES string of the molecule is O=C(/C=C/c1ccccc1C(=O)CCCc1ccc(F)cc1)NO. The number of hydrogen-bond acceptors (Lipinski definition) is 3. The van der Waals surface area contributed by atoms with Crippen LogP contribution in [0.15, 0.2) is 54.6 Å². The number of carbonyl (C=O) groups is 2. The number of halogens is 1. The Morgan fingerprint density at radius 2 is 1.79 bits per heavy atom. The van der Waals surface area contributed by atoms with Crippen LogP contribution < -0.4 is 5.48 Å². The maximum atomic E-state index is 12.9. The van der Waals surface area contributed by atoms with E-state index in [1.807, 2.05) is 0 Å². The number of benzene rings is 2. The number of Topliss-reactive ketones (excluding diaryl/α,β-unsaturated/α-hetero) is 1. The Morgan fingerprint density at radius 3 is 2.50 bits per heavy atom. The first kappa shape index (κ1) is 17.6. The number of nitrogens with one attached hydrogen (secondary N) is 1. The molecule has 0 aliphatic rings. The van der Waals surface area contributed by atoms with E-state index in [0.29, 0.717) is 30.4 Å². The lowest BCUT2D eigenvalue weighted by Gasteiger charge is -2.06. The summed E-state index contributed by atoms with van der Waals surface area (Å²) in [6.07, 6.45) is 4.34. The molecule has 0 aliphatic heterocycles. The number of amides is 1. The van der Waals surface area contributed by atoms with Crippen molar-refractivity contribution in [1.29, 1.82) is 0 Å². The maximum absolute atomic E-state index is 12.9. The van der Waals surface area contributed by atoms with Crippen LogP contribution in [0.25, 0.3) is 6.08 Å². The lowest BCUT2D eigenvalue weighted by molar-refractivity contribution is -0.124. The van der Waals surface area contributed by atoms with E-state index in [-0.39, 0.29) is 11.6 Å². The fourth-order valence-electron chi connectivity index (χ4n) is 2.34. The predicted octanol–water partition coefficient (Wildman–Crippen LogP) is 3.55. The Kier molecular flexibility index (Phi) is 6.40. The summed E-state index contributed by atoms with van der Waals surface area (Å²) in [6.45, 7) is 0. The van der Waals surface area contributed by atoms with Crippen LogP contribution in [0.1, 0.15) is 34.3 Å². The average molecular weight is 327 g/mol. The molecule has 0 spiro atoms. The van der Waals surface area contributed by atoms with Crippen LogP contribution in [0.3, 0.4) is 0 Å². The Bertz CT molecular complexity index is 739. The third-order valence-corrected chi connectivity index (χ3v) is 3.57. The Balaban J connectivity index is 1.98. The summed E-state index contributed by atoms with van der Waals surface area (Å²) in [4.78, 5) is 23.4. The summed E-state index contributed by atoms with van der Waals surface area (Å²) < 4.78 is 12.9. The van der Waals surface area contributed by atoms with E-state index in [2.05, 4.69) is 0 Å². The normalized spacial score (nSPS) is 10.8. The highest BCUT2D eigenvalue weighted by Gasteiger charge is 2.09. The van der Waals surface area contributed by atoms with Gasteiger partial charge in [0.25, 0.3) is 5.91 Å². The van der Waals surface area contributed by atoms with Crippen molar-refractivity contribution in [3.8, 4) is 0 Å². The van der Waals surface area contributed by atoms with Gasteiger partial charge in [0.2, 0.25) is 0 Å². The van der Waals surface area contributed by atoms with Gasteiger partial charge in [-0.2, -0.15) is 0 Å². The fourth-order valence-corrected chi connectivity index (χ4v) is 2.34. The van der Waals surface area contributed by atoms with E-state index >= 15 is 0 Å². The van der Waals surface area contributed by atoms with E-state index < -0.39 is 5.91 Å². The van der Waals surface area contributed by atoms with Gasteiger partial charge in [-0.25, -0.2) is 9.87 Å². The van der Waals surface area contributed by atoms with Gasteiger partial charge in [-0.15, -0.1) is 0 Å². The molecule has 2 aromatic rings. The molecule has 1 amide bonds. The molecule has 0 unspecified atom stereocenters. The van der Waals surface area contributed by atoms with Crippen LogP contribution >= 0.6 is 0 Å². The molecule has 2 rings (SSSR count). The molecule has 0 bridgehead atoms. The van der Waals surface area contributed by atoms with Gasteiger partial charge >= 0.3 is 0 Å². The molecule has 4 nitrogen and oxygen atoms in total. The number of aryl methyl sites for hydroxylation is 1. The van der Waals surface area contributed by atoms with Crippen LogP contribution in [0.5, 0.6) is 0 Å². The van der Waals surface area contributed by atoms with Gasteiger partial charge in [0.05, 0.1) is 0 Å². The van der Waals surface area contributed by atoms with Crippen LogP contribution in [-0.4, -0.2) is 16.9 Å². The van der Waals surface area contributed by atoms with Crippen molar-refractivity contribution >= 4 is 17.8 Å². The number of rotatable bonds is 7. The van der Waals surface area contributed by atoms with Crippen molar-refractivity contribution in [2.45, 2.75) is 19.3 Å². The smallest absolute Gasteiger partial charge is 0.267 e. The maximum Gasteiger partial charge on any atom is 0.267 e. The number of carbonyl (C=O) groups excluding carboxylic acids is 2. The lowest BCUT2D eigenvalue weighted by Crippen LogP contribution is -2.15. The number of ketones is 1. The summed E-state index contributed by atoms with van der Waals surface area (Å²) in [7, 11) is 0. The van der Waals surface area contributed by atoms with Gasteiger partial charge in [0.1, 0.15) is 5.82 Å². The molecule has 2 aromatic carbocycles. The van der Waals surface area contributed by atoms with E-state index in [1.54, 1.807) is 36.4 Å². The van der Waals surface area contributed by atoms with Crippen molar-refractivity contribution in [1.82, 2.24) is 5.48 Å². The molecule has 24 heavy (non-hydrogen) atoms. The Morgan fingerprint density at radius 1 is 1.08 bits per heavy atom. The lowest BCUT2D eigenvalue weighted by atomic mass is 9.98. The standard InChI is InChI=1S/C19H18FNO3/c20-16-11-8-14(9-12-16)4-3-7-18(22)17-6-2-1-5-15(17)10-13-19(23)21-24/h1-2,5-6,8-13,24H,3-4,7H2,(H,21,23)/b13-10+. The summed E-state index contributed by atoms with van der Waals surface area (Å²) in [6, 6.07) is 13.2. The quantitative estimate of drug-likeness (QED) is 0.354. The predicted molar refractivity (Wildman–Crippen MR) is 89.1 cm³/mol. The first-order valence-electron chi connectivity index (χ1n) is 7.59. The molecule has 0 aromatic heterocycles. The molecule has 0 atom stereocenters. The van der Waals surface area contributed by atoms with E-state index in [0.717, 1.165) is 11.6 Å². The van der Waals surface area contributed by atoms with E-state index in [1.165, 1.54) is 23.7 Å². The van der Waals surface area contributed by atoms with Crippen LogP contribution in [0.2, 0.25) is 0 Å². The van der Waals surface area contributed by atoms with Gasteiger partial charge in [-0.05, 0) is 42.2 Å². The molecule has 0 radical (unpaired) electrons. The summed E-state index contributed by atoms with van der Waals surface area (Å²) in [5.74, 6) is -0.960. The molecule has 2 N–H and O–H groups in total. The van der Waals surface area contributed by atoms with Gasteiger partial charge in [0, 0.05) is 18.1 Å². The third-order valence-electron chi connectivity index (χ3n) is 3.57. The Hall–Kier alpha value is -2.79. The van der Waals surface area contributed by atoms with E-state index in [4.69, 9.17) is 5.21 Å². The molecule has 0 aliphatic carbocycles. The van der Waals surface area contributed by atoms with Crippen molar-refractivity contribution < 1.29 is 19.2 Å². The van der Waals surface area contributed by atoms with E-state index in [9.17, 15) is 14.0 Å². The highest BCUT2D eigenvalue weighted by atomic mass is 19.1. The van der Waals surface area contributed by atoms with Gasteiger partial charge in [-0.3, -0.25) is 14.8 Å². The second-order valence-electron chi connectivity index (χ2n) is 5.30. The molecule has 0 saturated heterocycles. The minimum absolute atomic E-state index is 0.0261. The molecular weight excluding hydrogens is 309 g/mol. The van der Waals surface area contributed by atoms with Crippen molar-refractivity contribution in [3.05, 3.63) is 77.1 Å². The minimum atomic E-state index is -0.659. The van der Waals surface area contributed by atoms with Crippen molar-refractivity contribution in [3.63, 3.8) is 0 Å². The van der Waals surface area contributed by atoms with Crippen LogP contribution in [-0.2, 0) is 11.2 Å². The van der Waals surface area contributed by atoms with Crippen LogP contribution in [0, 0.1) is 5.82 Å². The number of hydrogen-bond donors (Lipinski definition) is 2. The zero-order valence-corrected chi connectivity index (χ0v) is 13.0. The van der Waals surface area contributed by atoms with Gasteiger partial charge in [-0.1, -0.05) is 36.4 Å². The fraction of sp³-hybridized carbons (Fsp3) is 0.158. The monoisotopic (exact) mass is 327 g/mol. The molecular formula is C19H18FNO3. The first-order chi connectivity index (χ1) is 11.6. The van der Waals surface area contributed by atoms with Crippen molar-refractivity contribution in [2.75, 3.05) is 0 Å². The zero-order chi connectivity index (χ0) is 17.4. The molecule has 0 saturated carbocycles. The molecule has 124 valence electrons. The highest BCUT2D eigenvalue weighted by molar-refractivity contribution is 6.00. The number of hydroxylamine groups is 1. The minimum Gasteiger partial charge on any atom is -0.294 e. The topological polar surface area (TPSA) is 66.4 Å². The van der Waals surface area contributed by atoms with Gasteiger partial charge < -0.3 is 0 Å². The molecule has 0 heterocycles. The molecule has 5 heteroatoms. The third kappa shape index (κ3) is 5.14. The Labute approximate surface area is 139 Å². The first-order valence-corrected chi connectivity index (χ1v) is 7.59. The summed E-state index contributed by atoms with van der Waals surface area (Å²) in [5.41, 5.74) is 3.63. The van der Waals surface area contributed by atoms with Gasteiger partial charge in [0.15, 0.2) is 5.78 Å². The average Bonchev–Trinajstić information content (AvgIpc) is 2.61. The summed E-state index contributed by atoms with van der Waals surface area (Å²) >= 11 is 0. The second-order valence-corrected chi connectivity index (χ2v) is 5.30. The summed E-state index contributed by atoms with van der Waals surface area (Å²) in [5, 5.41) is 8.49. The zero-order valence-electron chi connectivity index (χ0n) is 13.0. The van der Waals surface area contributed by atoms with Crippen LogP contribution in [0.4, 0.5) is 4.39 Å².